The minimum Gasteiger partial charge on any atom is -0.341 e. The van der Waals surface area contributed by atoms with Crippen molar-refractivity contribution in [1.82, 2.24) is 29.7 Å². The summed E-state index contributed by atoms with van der Waals surface area (Å²) in [6.45, 7) is 14.5. The highest BCUT2D eigenvalue weighted by atomic mass is 16.2. The van der Waals surface area contributed by atoms with Gasteiger partial charge in [-0.05, 0) is 65.3 Å². The number of likely N-dealkylation sites (tertiary alicyclic amines) is 1. The van der Waals surface area contributed by atoms with Gasteiger partial charge < -0.3 is 19.8 Å². The van der Waals surface area contributed by atoms with Gasteiger partial charge in [-0.25, -0.2) is 9.97 Å². The second-order valence-electron chi connectivity index (χ2n) is 14.0. The second-order valence-corrected chi connectivity index (χ2v) is 14.0. The first-order valence-electron chi connectivity index (χ1n) is 17.6. The monoisotopic (exact) mass is 658 g/mol. The van der Waals surface area contributed by atoms with E-state index in [1.807, 2.05) is 22.9 Å². The van der Waals surface area contributed by atoms with Crippen LogP contribution < -0.4 is 0 Å². The van der Waals surface area contributed by atoms with Crippen molar-refractivity contribution in [3.63, 3.8) is 0 Å². The van der Waals surface area contributed by atoms with Crippen LogP contribution in [0.4, 0.5) is 0 Å². The smallest absolute Gasteiger partial charge is 0.226 e. The minimum atomic E-state index is -0.0179. The maximum absolute atomic E-state index is 13.1. The van der Waals surface area contributed by atoms with Gasteiger partial charge in [0.2, 0.25) is 11.8 Å². The lowest BCUT2D eigenvalue weighted by Gasteiger charge is -2.26. The highest BCUT2D eigenvalue weighted by Crippen LogP contribution is 2.35. The standard InChI is InChI=1S/C39H48N6O2.C2H2/c1-7-18-44(39(47)26(6)25(4)5)23-35-40-22-33(41-35)28-12-10-27(11-13-28)29-14-16-31-30(21-29)15-17-32-37(31)43-38(42-32)34-9-8-19-45(34)36(46)20-24(2)3;1-2/h10-17,21-22,24-26,34H,7-9,18-20,23H2,1-6H3,(H,40,41)(H,42,43);1-2H/t26-,34-;/m0./s1. The normalized spacial score (nSPS) is 15.1. The van der Waals surface area contributed by atoms with Crippen LogP contribution in [0.3, 0.4) is 0 Å². The molecule has 2 amide bonds. The van der Waals surface area contributed by atoms with Crippen molar-refractivity contribution in [3.05, 3.63) is 72.4 Å². The summed E-state index contributed by atoms with van der Waals surface area (Å²) >= 11 is 0. The molecule has 2 atom stereocenters. The fourth-order valence-corrected chi connectivity index (χ4v) is 6.70. The zero-order chi connectivity index (χ0) is 35.2. The molecule has 1 saturated heterocycles. The number of hydrogen-bond acceptors (Lipinski definition) is 4. The van der Waals surface area contributed by atoms with E-state index in [0.29, 0.717) is 24.8 Å². The Balaban J connectivity index is 0.00000230. The van der Waals surface area contributed by atoms with Crippen molar-refractivity contribution in [1.29, 1.82) is 0 Å². The predicted octanol–water partition coefficient (Wildman–Crippen LogP) is 8.76. The number of fused-ring (bicyclic) bond motifs is 3. The van der Waals surface area contributed by atoms with Gasteiger partial charge in [-0.3, -0.25) is 9.59 Å². The van der Waals surface area contributed by atoms with Crippen LogP contribution in [0, 0.1) is 30.6 Å². The number of aromatic amines is 2. The third-order valence-electron chi connectivity index (χ3n) is 9.65. The molecular formula is C41H50N6O2. The van der Waals surface area contributed by atoms with Crippen LogP contribution in [0.5, 0.6) is 0 Å². The van der Waals surface area contributed by atoms with E-state index in [1.165, 1.54) is 0 Å². The SMILES string of the molecule is C#C.CCCN(Cc1ncc(-c2ccc(-c3ccc4c(ccc5[nH]c([C@@H]6CCCN6C(=O)CC(C)C)nc54)c3)cc2)[nH]1)C(=O)[C@@H](C)C(C)C. The van der Waals surface area contributed by atoms with E-state index in [-0.39, 0.29) is 23.8 Å². The fraction of sp³-hybridized carbons (Fsp3) is 0.415. The zero-order valence-corrected chi connectivity index (χ0v) is 29.8. The molecule has 0 radical (unpaired) electrons. The van der Waals surface area contributed by atoms with E-state index in [2.05, 4.69) is 117 Å². The van der Waals surface area contributed by atoms with Gasteiger partial charge in [-0.15, -0.1) is 12.8 Å². The average molecular weight is 659 g/mol. The maximum atomic E-state index is 13.1. The number of H-pyrrole nitrogens is 2. The van der Waals surface area contributed by atoms with E-state index >= 15 is 0 Å². The summed E-state index contributed by atoms with van der Waals surface area (Å²) in [5, 5.41) is 2.24. The predicted molar refractivity (Wildman–Crippen MR) is 199 cm³/mol. The van der Waals surface area contributed by atoms with Gasteiger partial charge in [0.1, 0.15) is 11.6 Å². The Morgan fingerprint density at radius 3 is 2.37 bits per heavy atom. The van der Waals surface area contributed by atoms with Crippen molar-refractivity contribution in [2.75, 3.05) is 13.1 Å². The van der Waals surface area contributed by atoms with Gasteiger partial charge in [0.15, 0.2) is 0 Å². The number of imidazole rings is 2. The van der Waals surface area contributed by atoms with Gasteiger partial charge in [0.05, 0.1) is 35.5 Å². The molecule has 0 saturated carbocycles. The van der Waals surface area contributed by atoms with Crippen LogP contribution in [0.15, 0.2) is 60.8 Å². The number of benzene rings is 3. The zero-order valence-electron chi connectivity index (χ0n) is 29.8. The number of amides is 2. The van der Waals surface area contributed by atoms with Crippen LogP contribution >= 0.6 is 0 Å². The number of hydrogen-bond donors (Lipinski definition) is 2. The first-order chi connectivity index (χ1) is 23.6. The van der Waals surface area contributed by atoms with Crippen molar-refractivity contribution >= 4 is 33.6 Å². The Kier molecular flexibility index (Phi) is 11.2. The highest BCUT2D eigenvalue weighted by Gasteiger charge is 2.32. The van der Waals surface area contributed by atoms with E-state index < -0.39 is 0 Å². The third kappa shape index (κ3) is 7.72. The Morgan fingerprint density at radius 2 is 1.67 bits per heavy atom. The molecule has 2 N–H and O–H groups in total. The molecule has 5 aromatic rings. The lowest BCUT2D eigenvalue weighted by molar-refractivity contribution is -0.137. The molecule has 49 heavy (non-hydrogen) atoms. The van der Waals surface area contributed by atoms with E-state index in [9.17, 15) is 9.59 Å². The lowest BCUT2D eigenvalue weighted by atomic mass is 9.96. The Morgan fingerprint density at radius 1 is 0.959 bits per heavy atom. The molecule has 2 aromatic heterocycles. The number of terminal acetylenes is 1. The molecule has 1 aliphatic rings. The number of aromatic nitrogens is 4. The van der Waals surface area contributed by atoms with Gasteiger partial charge in [0, 0.05) is 30.8 Å². The Labute approximate surface area is 290 Å². The quantitative estimate of drug-likeness (QED) is 0.139. The third-order valence-corrected chi connectivity index (χ3v) is 9.65. The highest BCUT2D eigenvalue weighted by molar-refractivity contribution is 6.05. The minimum absolute atomic E-state index is 0.0128. The van der Waals surface area contributed by atoms with Gasteiger partial charge in [-0.2, -0.15) is 0 Å². The van der Waals surface area contributed by atoms with Crippen LogP contribution in [0.25, 0.3) is 44.2 Å². The van der Waals surface area contributed by atoms with Crippen molar-refractivity contribution in [2.45, 2.75) is 79.8 Å². The number of carbonyl (C=O) groups excluding carboxylic acids is 2. The first kappa shape index (κ1) is 35.4. The molecule has 0 aliphatic carbocycles. The molecule has 6 rings (SSSR count). The van der Waals surface area contributed by atoms with Crippen molar-refractivity contribution in [3.8, 4) is 35.2 Å². The summed E-state index contributed by atoms with van der Waals surface area (Å²) in [5.74, 6) is 2.71. The van der Waals surface area contributed by atoms with Crippen LogP contribution in [0.2, 0.25) is 0 Å². The summed E-state index contributed by atoms with van der Waals surface area (Å²) in [5.41, 5.74) is 6.22. The molecule has 1 fully saturated rings. The van der Waals surface area contributed by atoms with Crippen LogP contribution in [-0.4, -0.2) is 54.6 Å². The van der Waals surface area contributed by atoms with Gasteiger partial charge in [-0.1, -0.05) is 84.0 Å². The molecule has 1 aliphatic heterocycles. The topological polar surface area (TPSA) is 98.0 Å². The molecule has 256 valence electrons. The Bertz CT molecular complexity index is 1910. The number of rotatable bonds is 11. The summed E-state index contributed by atoms with van der Waals surface area (Å²) < 4.78 is 0. The number of nitrogens with zero attached hydrogens (tertiary/aromatic N) is 4. The van der Waals surface area contributed by atoms with Crippen molar-refractivity contribution < 1.29 is 9.59 Å². The van der Waals surface area contributed by atoms with Crippen LogP contribution in [-0.2, 0) is 16.1 Å². The molecule has 3 heterocycles. The molecule has 8 heteroatoms. The number of nitrogens with one attached hydrogen (secondary N) is 2. The van der Waals surface area contributed by atoms with E-state index in [0.717, 1.165) is 88.2 Å². The van der Waals surface area contributed by atoms with Gasteiger partial charge >= 0.3 is 0 Å². The largest absolute Gasteiger partial charge is 0.341 e. The molecule has 8 nitrogen and oxygen atoms in total. The van der Waals surface area contributed by atoms with Gasteiger partial charge in [0.25, 0.3) is 0 Å². The molecule has 3 aromatic carbocycles. The summed E-state index contributed by atoms with van der Waals surface area (Å²) in [4.78, 5) is 46.6. The first-order valence-corrected chi connectivity index (χ1v) is 17.6. The second kappa shape index (κ2) is 15.5. The number of carbonyl (C=O) groups is 2. The van der Waals surface area contributed by atoms with Crippen molar-refractivity contribution in [2.24, 2.45) is 17.8 Å². The average Bonchev–Trinajstić information content (AvgIpc) is 3.88. The maximum Gasteiger partial charge on any atom is 0.226 e. The molecule has 0 spiro atoms. The summed E-state index contributed by atoms with van der Waals surface area (Å²) in [6, 6.07) is 19.3. The summed E-state index contributed by atoms with van der Waals surface area (Å²) in [7, 11) is 0. The van der Waals surface area contributed by atoms with E-state index in [1.54, 1.807) is 0 Å². The summed E-state index contributed by atoms with van der Waals surface area (Å²) in [6.07, 6.45) is 13.3. The Hall–Kier alpha value is -4.90. The van der Waals surface area contributed by atoms with Crippen LogP contribution in [0.1, 0.15) is 84.9 Å². The fourth-order valence-electron chi connectivity index (χ4n) is 6.70. The lowest BCUT2D eigenvalue weighted by Crippen LogP contribution is -2.37. The molecule has 0 bridgehead atoms. The van der Waals surface area contributed by atoms with E-state index in [4.69, 9.17) is 4.98 Å². The molecular weight excluding hydrogens is 608 g/mol. The molecule has 0 unspecified atom stereocenters.